The van der Waals surface area contributed by atoms with Crippen LogP contribution in [0.15, 0.2) is 47.4 Å². The van der Waals surface area contributed by atoms with Gasteiger partial charge in [-0.25, -0.2) is 8.42 Å². The summed E-state index contributed by atoms with van der Waals surface area (Å²) in [5, 5.41) is 0. The first-order valence-corrected chi connectivity index (χ1v) is 10.4. The molecule has 1 heterocycles. The number of anilines is 2. The van der Waals surface area contributed by atoms with Crippen molar-refractivity contribution in [2.24, 2.45) is 0 Å². The van der Waals surface area contributed by atoms with Gasteiger partial charge in [0.1, 0.15) is 5.75 Å². The lowest BCUT2D eigenvalue weighted by Crippen LogP contribution is -2.22. The van der Waals surface area contributed by atoms with E-state index in [0.717, 1.165) is 25.0 Å². The molecule has 1 aliphatic rings. The highest BCUT2D eigenvalue weighted by Gasteiger charge is 2.32. The second-order valence-electron chi connectivity index (χ2n) is 6.43. The van der Waals surface area contributed by atoms with Gasteiger partial charge in [0.2, 0.25) is 0 Å². The molecule has 0 radical (unpaired) electrons. The maximum Gasteiger partial charge on any atom is 0.416 e. The Hall–Kier alpha value is -2.42. The van der Waals surface area contributed by atoms with Crippen LogP contribution in [0.2, 0.25) is 0 Å². The van der Waals surface area contributed by atoms with E-state index in [1.165, 1.54) is 30.3 Å². The van der Waals surface area contributed by atoms with Crippen LogP contribution >= 0.6 is 0 Å². The highest BCUT2D eigenvalue weighted by Crippen LogP contribution is 2.37. The van der Waals surface area contributed by atoms with Crippen molar-refractivity contribution < 1.29 is 26.3 Å². The van der Waals surface area contributed by atoms with Crippen LogP contribution in [-0.2, 0) is 16.2 Å². The van der Waals surface area contributed by atoms with E-state index in [1.54, 1.807) is 6.92 Å². The molecule has 1 saturated heterocycles. The standard InChI is InChI=1S/C19H21F3N2O3S/c1-2-27-15-6-8-16(9-7-15)28(25,26)23-17-13-14(19(20,21)22)5-10-18(17)24-11-3-4-12-24/h5-10,13,23H,2-4,11-12H2,1H3. The van der Waals surface area contributed by atoms with E-state index < -0.39 is 21.8 Å². The summed E-state index contributed by atoms with van der Waals surface area (Å²) in [7, 11) is -4.06. The maximum absolute atomic E-state index is 13.1. The van der Waals surface area contributed by atoms with E-state index in [0.29, 0.717) is 31.1 Å². The van der Waals surface area contributed by atoms with Gasteiger partial charge < -0.3 is 9.64 Å². The summed E-state index contributed by atoms with van der Waals surface area (Å²) < 4.78 is 72.5. The SMILES string of the molecule is CCOc1ccc(S(=O)(=O)Nc2cc(C(F)(F)F)ccc2N2CCCC2)cc1. The second kappa shape index (κ2) is 7.90. The predicted octanol–water partition coefficient (Wildman–Crippen LogP) is 4.51. The third-order valence-electron chi connectivity index (χ3n) is 4.46. The van der Waals surface area contributed by atoms with Crippen LogP contribution < -0.4 is 14.4 Å². The average Bonchev–Trinajstić information content (AvgIpc) is 3.16. The molecule has 2 aromatic carbocycles. The van der Waals surface area contributed by atoms with Crippen molar-refractivity contribution in [3.05, 3.63) is 48.0 Å². The highest BCUT2D eigenvalue weighted by atomic mass is 32.2. The monoisotopic (exact) mass is 414 g/mol. The van der Waals surface area contributed by atoms with Crippen LogP contribution in [0, 0.1) is 0 Å². The number of nitrogens with one attached hydrogen (secondary N) is 1. The lowest BCUT2D eigenvalue weighted by molar-refractivity contribution is -0.137. The van der Waals surface area contributed by atoms with Crippen LogP contribution in [0.1, 0.15) is 25.3 Å². The fourth-order valence-corrected chi connectivity index (χ4v) is 4.18. The van der Waals surface area contributed by atoms with Crippen molar-refractivity contribution in [2.45, 2.75) is 30.8 Å². The van der Waals surface area contributed by atoms with Gasteiger partial charge in [-0.2, -0.15) is 13.2 Å². The summed E-state index contributed by atoms with van der Waals surface area (Å²) in [6, 6.07) is 8.87. The zero-order valence-corrected chi connectivity index (χ0v) is 16.1. The smallest absolute Gasteiger partial charge is 0.416 e. The minimum absolute atomic E-state index is 0.0549. The topological polar surface area (TPSA) is 58.6 Å². The highest BCUT2D eigenvalue weighted by molar-refractivity contribution is 7.92. The minimum atomic E-state index is -4.57. The normalized spacial score (nSPS) is 14.9. The van der Waals surface area contributed by atoms with Crippen LogP contribution in [0.25, 0.3) is 0 Å². The summed E-state index contributed by atoms with van der Waals surface area (Å²) >= 11 is 0. The molecule has 1 N–H and O–H groups in total. The maximum atomic E-state index is 13.1. The van der Waals surface area contributed by atoms with Crippen molar-refractivity contribution >= 4 is 21.4 Å². The average molecular weight is 414 g/mol. The van der Waals surface area contributed by atoms with Crippen LogP contribution in [0.5, 0.6) is 5.75 Å². The fraction of sp³-hybridized carbons (Fsp3) is 0.368. The van der Waals surface area contributed by atoms with Crippen LogP contribution in [0.4, 0.5) is 24.5 Å². The van der Waals surface area contributed by atoms with E-state index >= 15 is 0 Å². The molecular formula is C19H21F3N2O3S. The molecule has 0 spiro atoms. The molecule has 5 nitrogen and oxygen atoms in total. The Bertz CT molecular complexity index is 922. The summed E-state index contributed by atoms with van der Waals surface area (Å²) in [6.07, 6.45) is -2.75. The van der Waals surface area contributed by atoms with Crippen molar-refractivity contribution in [1.29, 1.82) is 0 Å². The first kappa shape index (κ1) is 20.3. The molecule has 0 atom stereocenters. The molecule has 0 unspecified atom stereocenters. The van der Waals surface area contributed by atoms with Gasteiger partial charge in [0.05, 0.1) is 28.4 Å². The zero-order chi connectivity index (χ0) is 20.4. The number of alkyl halides is 3. The number of nitrogens with zero attached hydrogens (tertiary/aromatic N) is 1. The van der Waals surface area contributed by atoms with Crippen molar-refractivity contribution in [2.75, 3.05) is 29.3 Å². The number of benzene rings is 2. The lowest BCUT2D eigenvalue weighted by Gasteiger charge is -2.23. The Balaban J connectivity index is 1.96. The molecule has 2 aromatic rings. The molecule has 3 rings (SSSR count). The van der Waals surface area contributed by atoms with Crippen molar-refractivity contribution in [3.8, 4) is 5.75 Å². The van der Waals surface area contributed by atoms with Gasteiger partial charge >= 0.3 is 6.18 Å². The largest absolute Gasteiger partial charge is 0.494 e. The summed E-state index contributed by atoms with van der Waals surface area (Å²) in [5.41, 5.74) is -0.537. The molecule has 1 aliphatic heterocycles. The summed E-state index contributed by atoms with van der Waals surface area (Å²) in [6.45, 7) is 3.58. The Morgan fingerprint density at radius 3 is 2.29 bits per heavy atom. The lowest BCUT2D eigenvalue weighted by atomic mass is 10.1. The number of sulfonamides is 1. The number of hydrogen-bond acceptors (Lipinski definition) is 4. The first-order valence-electron chi connectivity index (χ1n) is 8.92. The van der Waals surface area contributed by atoms with E-state index in [4.69, 9.17) is 4.74 Å². The van der Waals surface area contributed by atoms with Crippen molar-refractivity contribution in [3.63, 3.8) is 0 Å². The Morgan fingerprint density at radius 2 is 1.71 bits per heavy atom. The van der Waals surface area contributed by atoms with E-state index in [-0.39, 0.29) is 10.6 Å². The minimum Gasteiger partial charge on any atom is -0.494 e. The van der Waals surface area contributed by atoms with Crippen molar-refractivity contribution in [1.82, 2.24) is 0 Å². The van der Waals surface area contributed by atoms with Gasteiger partial charge in [-0.3, -0.25) is 4.72 Å². The van der Waals surface area contributed by atoms with Gasteiger partial charge in [-0.05, 0) is 62.2 Å². The van der Waals surface area contributed by atoms with Gasteiger partial charge in [0.25, 0.3) is 10.0 Å². The van der Waals surface area contributed by atoms with Gasteiger partial charge in [0, 0.05) is 13.1 Å². The number of rotatable bonds is 6. The molecule has 0 aliphatic carbocycles. The Morgan fingerprint density at radius 1 is 1.07 bits per heavy atom. The third kappa shape index (κ3) is 4.52. The van der Waals surface area contributed by atoms with Gasteiger partial charge in [-0.1, -0.05) is 0 Å². The van der Waals surface area contributed by atoms with Crippen LogP contribution in [0.3, 0.4) is 0 Å². The second-order valence-corrected chi connectivity index (χ2v) is 8.12. The van der Waals surface area contributed by atoms with Crippen LogP contribution in [-0.4, -0.2) is 28.1 Å². The molecule has 152 valence electrons. The molecule has 0 aromatic heterocycles. The summed E-state index contributed by atoms with van der Waals surface area (Å²) in [5.74, 6) is 0.512. The molecule has 28 heavy (non-hydrogen) atoms. The number of hydrogen-bond donors (Lipinski definition) is 1. The third-order valence-corrected chi connectivity index (χ3v) is 5.84. The number of ether oxygens (including phenoxy) is 1. The molecule has 9 heteroatoms. The first-order chi connectivity index (χ1) is 13.2. The zero-order valence-electron chi connectivity index (χ0n) is 15.3. The quantitative estimate of drug-likeness (QED) is 0.756. The van der Waals surface area contributed by atoms with E-state index in [2.05, 4.69) is 4.72 Å². The summed E-state index contributed by atoms with van der Waals surface area (Å²) in [4.78, 5) is 1.83. The van der Waals surface area contributed by atoms with Gasteiger partial charge in [-0.15, -0.1) is 0 Å². The molecule has 0 saturated carbocycles. The molecule has 0 bridgehead atoms. The molecule has 1 fully saturated rings. The van der Waals surface area contributed by atoms with E-state index in [9.17, 15) is 21.6 Å². The van der Waals surface area contributed by atoms with E-state index in [1.807, 2.05) is 4.90 Å². The Labute approximate surface area is 162 Å². The van der Waals surface area contributed by atoms with Gasteiger partial charge in [0.15, 0.2) is 0 Å². The number of halogens is 3. The fourth-order valence-electron chi connectivity index (χ4n) is 3.11. The predicted molar refractivity (Wildman–Crippen MR) is 101 cm³/mol. The molecular weight excluding hydrogens is 393 g/mol. The molecule has 0 amide bonds. The Kier molecular flexibility index (Phi) is 5.74.